The quantitative estimate of drug-likeness (QED) is 0.525. The van der Waals surface area contributed by atoms with Crippen LogP contribution in [0.3, 0.4) is 0 Å². The van der Waals surface area contributed by atoms with Gasteiger partial charge in [0, 0.05) is 5.69 Å². The number of aromatic nitrogens is 1. The molecule has 0 saturated heterocycles. The highest BCUT2D eigenvalue weighted by molar-refractivity contribution is 7.32. The van der Waals surface area contributed by atoms with E-state index in [2.05, 4.69) is 4.98 Å². The van der Waals surface area contributed by atoms with E-state index in [9.17, 15) is 8.96 Å². The summed E-state index contributed by atoms with van der Waals surface area (Å²) >= 11 is 1.37. The van der Waals surface area contributed by atoms with Crippen molar-refractivity contribution in [2.45, 2.75) is 0 Å². The molecule has 24 heavy (non-hydrogen) atoms. The van der Waals surface area contributed by atoms with E-state index in [1.807, 2.05) is 12.1 Å². The molecule has 0 saturated carbocycles. The number of hydrogen-bond donors (Lipinski definition) is 1. The van der Waals surface area contributed by atoms with Gasteiger partial charge in [-0.25, -0.2) is 9.37 Å². The number of ether oxygens (including phenoxy) is 1. The van der Waals surface area contributed by atoms with E-state index in [1.54, 1.807) is 30.2 Å². The summed E-state index contributed by atoms with van der Waals surface area (Å²) in [6, 6.07) is 11.2. The van der Waals surface area contributed by atoms with E-state index in [1.165, 1.54) is 23.5 Å². The second kappa shape index (κ2) is 7.27. The Balaban J connectivity index is 2.00. The Kier molecular flexibility index (Phi) is 5.11. The zero-order valence-corrected chi connectivity index (χ0v) is 14.4. The molecule has 0 aliphatic rings. The standard InChI is InChI=1S/C15H14FN2O4PS/c1-21-12-6-7-13-14(8-12)24-15(17-13)18(9-22-23(19)20)11-4-2-10(16)3-5-11/h2-8,23H,9H2,1H3,(H,19,20). The first kappa shape index (κ1) is 16.9. The lowest BCUT2D eigenvalue weighted by Gasteiger charge is -2.20. The fourth-order valence-electron chi connectivity index (χ4n) is 2.12. The predicted molar refractivity (Wildman–Crippen MR) is 91.9 cm³/mol. The van der Waals surface area contributed by atoms with Crippen LogP contribution < -0.4 is 9.64 Å². The molecule has 0 fully saturated rings. The number of fused-ring (bicyclic) bond motifs is 1. The molecule has 1 unspecified atom stereocenters. The number of halogens is 1. The third kappa shape index (κ3) is 3.73. The van der Waals surface area contributed by atoms with Gasteiger partial charge in [-0.2, -0.15) is 0 Å². The number of anilines is 2. The van der Waals surface area contributed by atoms with Crippen molar-refractivity contribution in [2.75, 3.05) is 18.7 Å². The van der Waals surface area contributed by atoms with E-state index >= 15 is 0 Å². The van der Waals surface area contributed by atoms with Gasteiger partial charge in [0.25, 0.3) is 0 Å². The van der Waals surface area contributed by atoms with E-state index in [4.69, 9.17) is 14.2 Å². The van der Waals surface area contributed by atoms with Crippen LogP contribution in [-0.2, 0) is 9.09 Å². The highest BCUT2D eigenvalue weighted by Gasteiger charge is 2.16. The zero-order valence-electron chi connectivity index (χ0n) is 12.6. The molecule has 1 heterocycles. The van der Waals surface area contributed by atoms with Crippen molar-refractivity contribution in [3.63, 3.8) is 0 Å². The van der Waals surface area contributed by atoms with Crippen molar-refractivity contribution >= 4 is 40.6 Å². The van der Waals surface area contributed by atoms with Crippen LogP contribution in [0.1, 0.15) is 0 Å². The summed E-state index contributed by atoms with van der Waals surface area (Å²) < 4.78 is 35.0. The molecule has 126 valence electrons. The van der Waals surface area contributed by atoms with Crippen molar-refractivity contribution < 1.29 is 23.1 Å². The highest BCUT2D eigenvalue weighted by Crippen LogP contribution is 2.35. The van der Waals surface area contributed by atoms with Gasteiger partial charge in [0.2, 0.25) is 0 Å². The molecule has 0 radical (unpaired) electrons. The Morgan fingerprint density at radius 3 is 2.71 bits per heavy atom. The van der Waals surface area contributed by atoms with Gasteiger partial charge in [0.15, 0.2) is 5.13 Å². The second-order valence-corrected chi connectivity index (χ2v) is 6.60. The van der Waals surface area contributed by atoms with Gasteiger partial charge in [-0.05, 0) is 42.5 Å². The Labute approximate surface area is 142 Å². The Hall–Kier alpha value is -1.99. The number of thiazole rings is 1. The van der Waals surface area contributed by atoms with E-state index < -0.39 is 8.25 Å². The maximum atomic E-state index is 13.2. The average molecular weight is 368 g/mol. The van der Waals surface area contributed by atoms with Crippen LogP contribution in [0.2, 0.25) is 0 Å². The molecule has 1 N–H and O–H groups in total. The van der Waals surface area contributed by atoms with E-state index in [0.29, 0.717) is 16.6 Å². The van der Waals surface area contributed by atoms with Crippen molar-refractivity contribution in [3.05, 3.63) is 48.3 Å². The van der Waals surface area contributed by atoms with Gasteiger partial charge >= 0.3 is 8.25 Å². The normalized spacial score (nSPS) is 12.3. The van der Waals surface area contributed by atoms with Crippen LogP contribution >= 0.6 is 19.6 Å². The predicted octanol–water partition coefficient (Wildman–Crippen LogP) is 3.94. The molecule has 0 bridgehead atoms. The highest BCUT2D eigenvalue weighted by atomic mass is 32.1. The van der Waals surface area contributed by atoms with E-state index in [-0.39, 0.29) is 12.5 Å². The summed E-state index contributed by atoms with van der Waals surface area (Å²) in [5.74, 6) is 0.340. The molecule has 9 heteroatoms. The van der Waals surface area contributed by atoms with E-state index in [0.717, 1.165) is 10.2 Å². The lowest BCUT2D eigenvalue weighted by atomic mass is 10.3. The minimum absolute atomic E-state index is 0.170. The molecule has 0 aliphatic heterocycles. The van der Waals surface area contributed by atoms with Gasteiger partial charge in [-0.15, -0.1) is 0 Å². The van der Waals surface area contributed by atoms with Crippen LogP contribution in [0, 0.1) is 5.82 Å². The monoisotopic (exact) mass is 368 g/mol. The summed E-state index contributed by atoms with van der Waals surface area (Å²) in [5.41, 5.74) is 1.37. The Bertz CT molecular complexity index is 872. The first-order valence-electron chi connectivity index (χ1n) is 6.90. The molecular weight excluding hydrogens is 354 g/mol. The Morgan fingerprint density at radius 2 is 2.04 bits per heavy atom. The number of methoxy groups -OCH3 is 1. The molecule has 3 aromatic rings. The summed E-state index contributed by atoms with van der Waals surface area (Å²) in [5, 5.41) is 0.563. The first-order valence-corrected chi connectivity index (χ1v) is 8.98. The minimum atomic E-state index is -3.10. The van der Waals surface area contributed by atoms with Crippen molar-refractivity contribution in [1.82, 2.24) is 4.98 Å². The molecule has 3 rings (SSSR count). The third-order valence-electron chi connectivity index (χ3n) is 3.27. The largest absolute Gasteiger partial charge is 0.497 e. The Morgan fingerprint density at radius 1 is 1.29 bits per heavy atom. The maximum absolute atomic E-state index is 13.2. The van der Waals surface area contributed by atoms with Gasteiger partial charge in [0.05, 0.1) is 17.3 Å². The summed E-state index contributed by atoms with van der Waals surface area (Å²) in [4.78, 5) is 15.1. The zero-order chi connectivity index (χ0) is 17.1. The molecule has 0 aliphatic carbocycles. The molecular formula is C15H14FN2O4PS. The molecule has 2 aromatic carbocycles. The lowest BCUT2D eigenvalue weighted by Crippen LogP contribution is -2.18. The number of benzene rings is 2. The topological polar surface area (TPSA) is 71.9 Å². The summed E-state index contributed by atoms with van der Waals surface area (Å²) in [6.45, 7) is -0.170. The van der Waals surface area contributed by atoms with Gasteiger partial charge in [-0.3, -0.25) is 14.0 Å². The molecule has 1 aromatic heterocycles. The third-order valence-corrected chi connectivity index (χ3v) is 4.69. The van der Waals surface area contributed by atoms with Crippen LogP contribution in [0.15, 0.2) is 42.5 Å². The van der Waals surface area contributed by atoms with Gasteiger partial charge in [0.1, 0.15) is 18.3 Å². The summed E-state index contributed by atoms with van der Waals surface area (Å²) in [6.07, 6.45) is 0. The van der Waals surface area contributed by atoms with Crippen LogP contribution in [0.25, 0.3) is 10.2 Å². The van der Waals surface area contributed by atoms with Crippen LogP contribution in [0.4, 0.5) is 15.2 Å². The van der Waals surface area contributed by atoms with Gasteiger partial charge < -0.3 is 9.63 Å². The van der Waals surface area contributed by atoms with Crippen LogP contribution in [-0.4, -0.2) is 23.7 Å². The van der Waals surface area contributed by atoms with Crippen molar-refractivity contribution in [2.24, 2.45) is 0 Å². The number of hydrogen-bond acceptors (Lipinski definition) is 6. The molecule has 0 amide bonds. The lowest BCUT2D eigenvalue weighted by molar-refractivity contribution is 0.288. The fraction of sp³-hybridized carbons (Fsp3) is 0.133. The van der Waals surface area contributed by atoms with Gasteiger partial charge in [-0.1, -0.05) is 11.3 Å². The number of nitrogens with zero attached hydrogens (tertiary/aromatic N) is 2. The smallest absolute Gasteiger partial charge is 0.318 e. The minimum Gasteiger partial charge on any atom is -0.497 e. The van der Waals surface area contributed by atoms with Crippen LogP contribution in [0.5, 0.6) is 5.75 Å². The molecule has 1 atom stereocenters. The second-order valence-electron chi connectivity index (χ2n) is 4.77. The first-order chi connectivity index (χ1) is 11.6. The molecule has 0 spiro atoms. The fourth-order valence-corrected chi connectivity index (χ4v) is 3.36. The summed E-state index contributed by atoms with van der Waals surface area (Å²) in [7, 11) is -1.52. The maximum Gasteiger partial charge on any atom is 0.318 e. The molecule has 6 nitrogen and oxygen atoms in total. The number of rotatable bonds is 6. The SMILES string of the molecule is COc1ccc2nc(N(CO[PH](=O)O)c3ccc(F)cc3)sc2c1. The average Bonchev–Trinajstić information content (AvgIpc) is 2.99. The van der Waals surface area contributed by atoms with Crippen molar-refractivity contribution in [3.8, 4) is 5.75 Å². The van der Waals surface area contributed by atoms with Crippen molar-refractivity contribution in [1.29, 1.82) is 0 Å².